The van der Waals surface area contributed by atoms with Crippen LogP contribution in [0.4, 0.5) is 0 Å². The average Bonchev–Trinajstić information content (AvgIpc) is 3.18. The molecule has 2 aliphatic heterocycles. The van der Waals surface area contributed by atoms with E-state index in [0.29, 0.717) is 0 Å². The molecule has 0 bridgehead atoms. The number of rotatable bonds is 3. The summed E-state index contributed by atoms with van der Waals surface area (Å²) in [6.07, 6.45) is 5.07. The first-order chi connectivity index (χ1) is 12.8. The van der Waals surface area contributed by atoms with Crippen LogP contribution in [-0.4, -0.2) is 39.7 Å². The van der Waals surface area contributed by atoms with Gasteiger partial charge in [-0.1, -0.05) is 17.7 Å². The van der Waals surface area contributed by atoms with Crippen molar-refractivity contribution in [3.63, 3.8) is 0 Å². The lowest BCUT2D eigenvalue weighted by Crippen LogP contribution is -2.41. The fourth-order valence-corrected chi connectivity index (χ4v) is 3.65. The van der Waals surface area contributed by atoms with E-state index in [-0.39, 0.29) is 24.5 Å². The SMILES string of the molecule is Cc1cc(-c2nncn2C2CCCCO2)ccc1B1OC(C)(C)C(C)(C)O1. The van der Waals surface area contributed by atoms with E-state index < -0.39 is 0 Å². The van der Waals surface area contributed by atoms with Gasteiger partial charge in [-0.3, -0.25) is 4.57 Å². The Bertz CT molecular complexity index is 812. The summed E-state index contributed by atoms with van der Waals surface area (Å²) in [5, 5.41) is 8.47. The third-order valence-corrected chi connectivity index (χ3v) is 6.07. The van der Waals surface area contributed by atoms with Gasteiger partial charge in [0.2, 0.25) is 0 Å². The van der Waals surface area contributed by atoms with Gasteiger partial charge in [-0.25, -0.2) is 0 Å². The van der Waals surface area contributed by atoms with Gasteiger partial charge in [0.05, 0.1) is 11.2 Å². The van der Waals surface area contributed by atoms with Gasteiger partial charge in [0, 0.05) is 12.2 Å². The molecule has 1 aromatic carbocycles. The van der Waals surface area contributed by atoms with Gasteiger partial charge < -0.3 is 14.0 Å². The predicted octanol–water partition coefficient (Wildman–Crippen LogP) is 3.25. The van der Waals surface area contributed by atoms with Gasteiger partial charge in [-0.15, -0.1) is 10.2 Å². The zero-order valence-corrected chi connectivity index (χ0v) is 16.9. The summed E-state index contributed by atoms with van der Waals surface area (Å²) < 4.78 is 20.4. The van der Waals surface area contributed by atoms with Crippen LogP contribution >= 0.6 is 0 Å². The van der Waals surface area contributed by atoms with Crippen molar-refractivity contribution in [3.05, 3.63) is 30.1 Å². The van der Waals surface area contributed by atoms with Crippen molar-refractivity contribution in [2.75, 3.05) is 6.61 Å². The Morgan fingerprint density at radius 2 is 1.85 bits per heavy atom. The quantitative estimate of drug-likeness (QED) is 0.778. The third-order valence-electron chi connectivity index (χ3n) is 6.07. The molecule has 1 unspecified atom stereocenters. The van der Waals surface area contributed by atoms with E-state index in [1.54, 1.807) is 6.33 Å². The first-order valence-corrected chi connectivity index (χ1v) is 9.76. The molecule has 0 radical (unpaired) electrons. The van der Waals surface area contributed by atoms with Crippen molar-refractivity contribution < 1.29 is 14.0 Å². The topological polar surface area (TPSA) is 58.4 Å². The van der Waals surface area contributed by atoms with E-state index in [1.165, 1.54) is 6.42 Å². The molecule has 0 aliphatic carbocycles. The molecule has 2 fully saturated rings. The second-order valence-electron chi connectivity index (χ2n) is 8.54. The molecule has 6 nitrogen and oxygen atoms in total. The second kappa shape index (κ2) is 6.72. The minimum Gasteiger partial charge on any atom is -0.399 e. The Kier molecular flexibility index (Phi) is 4.65. The molecule has 0 saturated carbocycles. The van der Waals surface area contributed by atoms with Crippen molar-refractivity contribution >= 4 is 12.6 Å². The van der Waals surface area contributed by atoms with E-state index >= 15 is 0 Å². The van der Waals surface area contributed by atoms with Crippen LogP contribution in [0.15, 0.2) is 24.5 Å². The number of aryl methyl sites for hydroxylation is 1. The molecule has 7 heteroatoms. The highest BCUT2D eigenvalue weighted by molar-refractivity contribution is 6.62. The predicted molar refractivity (Wildman–Crippen MR) is 105 cm³/mol. The number of hydrogen-bond donors (Lipinski definition) is 0. The molecule has 3 heterocycles. The molecule has 144 valence electrons. The maximum absolute atomic E-state index is 6.21. The summed E-state index contributed by atoms with van der Waals surface area (Å²) in [7, 11) is -0.358. The lowest BCUT2D eigenvalue weighted by molar-refractivity contribution is -0.0311. The van der Waals surface area contributed by atoms with E-state index in [1.807, 2.05) is 4.57 Å². The molecule has 2 saturated heterocycles. The molecular formula is C20H28BN3O3. The maximum Gasteiger partial charge on any atom is 0.495 e. The Labute approximate surface area is 161 Å². The summed E-state index contributed by atoms with van der Waals surface area (Å²) in [6.45, 7) is 11.2. The van der Waals surface area contributed by atoms with Crippen molar-refractivity contribution in [3.8, 4) is 11.4 Å². The summed E-state index contributed by atoms with van der Waals surface area (Å²) in [5.41, 5.74) is 2.50. The van der Waals surface area contributed by atoms with Crippen LogP contribution in [0.2, 0.25) is 0 Å². The number of ether oxygens (including phenoxy) is 1. The Morgan fingerprint density at radius 1 is 1.11 bits per heavy atom. The van der Waals surface area contributed by atoms with E-state index in [9.17, 15) is 0 Å². The molecule has 4 rings (SSSR count). The average molecular weight is 369 g/mol. The van der Waals surface area contributed by atoms with E-state index in [2.05, 4.69) is 63.0 Å². The van der Waals surface area contributed by atoms with Crippen LogP contribution < -0.4 is 5.46 Å². The fourth-order valence-electron chi connectivity index (χ4n) is 3.65. The molecule has 1 aromatic heterocycles. The van der Waals surface area contributed by atoms with Crippen LogP contribution in [0.25, 0.3) is 11.4 Å². The summed E-state index contributed by atoms with van der Waals surface area (Å²) in [5.74, 6) is 0.838. The van der Waals surface area contributed by atoms with E-state index in [4.69, 9.17) is 14.0 Å². The molecule has 1 atom stereocenters. The zero-order chi connectivity index (χ0) is 19.2. The molecular weight excluding hydrogens is 341 g/mol. The molecule has 0 N–H and O–H groups in total. The van der Waals surface area contributed by atoms with Gasteiger partial charge in [-0.05, 0) is 65.4 Å². The molecule has 2 aromatic rings. The maximum atomic E-state index is 6.21. The Hall–Kier alpha value is -1.70. The van der Waals surface area contributed by atoms with Crippen LogP contribution in [-0.2, 0) is 14.0 Å². The highest BCUT2D eigenvalue weighted by atomic mass is 16.7. The minimum absolute atomic E-state index is 0.0202. The smallest absolute Gasteiger partial charge is 0.399 e. The van der Waals surface area contributed by atoms with Crippen LogP contribution in [0, 0.1) is 6.92 Å². The van der Waals surface area contributed by atoms with Crippen LogP contribution in [0.5, 0.6) is 0 Å². The summed E-state index contributed by atoms with van der Waals surface area (Å²) >= 11 is 0. The highest BCUT2D eigenvalue weighted by Crippen LogP contribution is 2.37. The van der Waals surface area contributed by atoms with Gasteiger partial charge in [0.15, 0.2) is 5.82 Å². The Morgan fingerprint density at radius 3 is 2.48 bits per heavy atom. The van der Waals surface area contributed by atoms with Gasteiger partial charge >= 0.3 is 7.12 Å². The van der Waals surface area contributed by atoms with Gasteiger partial charge in [0.25, 0.3) is 0 Å². The van der Waals surface area contributed by atoms with Crippen molar-refractivity contribution in [2.45, 2.75) is 71.3 Å². The summed E-state index contributed by atoms with van der Waals surface area (Å²) in [6, 6.07) is 6.27. The number of nitrogens with zero attached hydrogens (tertiary/aromatic N) is 3. The second-order valence-corrected chi connectivity index (χ2v) is 8.54. The van der Waals surface area contributed by atoms with Crippen LogP contribution in [0.3, 0.4) is 0 Å². The lowest BCUT2D eigenvalue weighted by Gasteiger charge is -2.32. The molecule has 0 amide bonds. The number of hydrogen-bond acceptors (Lipinski definition) is 5. The first-order valence-electron chi connectivity index (χ1n) is 9.76. The zero-order valence-electron chi connectivity index (χ0n) is 16.9. The minimum atomic E-state index is -0.358. The monoisotopic (exact) mass is 369 g/mol. The number of aromatic nitrogens is 3. The standard InChI is InChI=1S/C20H28BN3O3/c1-14-12-15(18-23-22-13-24(18)17-8-6-7-11-25-17)9-10-16(14)21-26-19(2,3)20(4,5)27-21/h9-10,12-13,17H,6-8,11H2,1-5H3. The largest absolute Gasteiger partial charge is 0.495 e. The van der Waals surface area contributed by atoms with Crippen molar-refractivity contribution in [1.82, 2.24) is 14.8 Å². The fraction of sp³-hybridized carbons (Fsp3) is 0.600. The van der Waals surface area contributed by atoms with Crippen molar-refractivity contribution in [2.24, 2.45) is 0 Å². The lowest BCUT2D eigenvalue weighted by atomic mass is 9.76. The normalized spacial score (nSPS) is 24.3. The van der Waals surface area contributed by atoms with E-state index in [0.717, 1.165) is 41.9 Å². The number of benzene rings is 1. The first kappa shape index (κ1) is 18.7. The molecule has 2 aliphatic rings. The van der Waals surface area contributed by atoms with Gasteiger partial charge in [-0.2, -0.15) is 0 Å². The third kappa shape index (κ3) is 3.32. The Balaban J connectivity index is 1.61. The van der Waals surface area contributed by atoms with Crippen molar-refractivity contribution in [1.29, 1.82) is 0 Å². The molecule has 27 heavy (non-hydrogen) atoms. The van der Waals surface area contributed by atoms with Gasteiger partial charge in [0.1, 0.15) is 12.6 Å². The molecule has 0 spiro atoms. The summed E-state index contributed by atoms with van der Waals surface area (Å²) in [4.78, 5) is 0. The van der Waals surface area contributed by atoms with Crippen LogP contribution in [0.1, 0.15) is 58.7 Å². The highest BCUT2D eigenvalue weighted by Gasteiger charge is 2.52.